The molecule has 0 saturated carbocycles. The van der Waals surface area contributed by atoms with Crippen LogP contribution < -0.4 is 10.5 Å². The maximum Gasteiger partial charge on any atom is 0.227 e. The molecule has 1 heterocycles. The first-order valence-corrected chi connectivity index (χ1v) is 12.4. The molecule has 6 heteroatoms. The van der Waals surface area contributed by atoms with Gasteiger partial charge in [0, 0.05) is 13.0 Å². The molecule has 1 amide bonds. The highest BCUT2D eigenvalue weighted by molar-refractivity contribution is 5.91. The number of nitrogens with zero attached hydrogens (tertiary/aromatic N) is 2. The Kier molecular flexibility index (Phi) is 8.34. The lowest BCUT2D eigenvalue weighted by Crippen LogP contribution is -2.48. The SMILES string of the molecule is CCCC(=O)C1(c2cc(C#N)ccc2C)CCN(CCOc2ccc(C(C)(C)C(N)=O)cc2)CC1. The van der Waals surface area contributed by atoms with E-state index in [9.17, 15) is 14.9 Å². The lowest BCUT2D eigenvalue weighted by atomic mass is 9.67. The Bertz CT molecular complexity index is 1090. The fourth-order valence-electron chi connectivity index (χ4n) is 4.93. The molecule has 0 bridgehead atoms. The Hall–Kier alpha value is -3.17. The molecule has 0 radical (unpaired) electrons. The summed E-state index contributed by atoms with van der Waals surface area (Å²) >= 11 is 0. The fraction of sp³-hybridized carbons (Fsp3) is 0.483. The zero-order valence-corrected chi connectivity index (χ0v) is 21.4. The number of Topliss-reactive ketones (excluding diaryl/α,β-unsaturated/α-hetero) is 1. The van der Waals surface area contributed by atoms with Gasteiger partial charge in [-0.25, -0.2) is 0 Å². The van der Waals surface area contributed by atoms with Crippen molar-refractivity contribution in [2.24, 2.45) is 5.73 Å². The number of ether oxygens (including phenoxy) is 1. The predicted octanol–water partition coefficient (Wildman–Crippen LogP) is 4.41. The number of nitriles is 1. The van der Waals surface area contributed by atoms with Crippen LogP contribution in [0.2, 0.25) is 0 Å². The van der Waals surface area contributed by atoms with Crippen molar-refractivity contribution in [1.29, 1.82) is 5.26 Å². The molecule has 1 aliphatic heterocycles. The van der Waals surface area contributed by atoms with E-state index >= 15 is 0 Å². The molecule has 3 rings (SSSR count). The van der Waals surface area contributed by atoms with Crippen molar-refractivity contribution in [2.45, 2.75) is 64.2 Å². The van der Waals surface area contributed by atoms with Gasteiger partial charge in [0.1, 0.15) is 18.1 Å². The topological polar surface area (TPSA) is 96.4 Å². The van der Waals surface area contributed by atoms with Crippen LogP contribution in [0.3, 0.4) is 0 Å². The number of aryl methyl sites for hydroxylation is 1. The molecule has 1 saturated heterocycles. The van der Waals surface area contributed by atoms with Crippen LogP contribution >= 0.6 is 0 Å². The number of likely N-dealkylation sites (tertiary alicyclic amines) is 1. The van der Waals surface area contributed by atoms with Crippen molar-refractivity contribution in [2.75, 3.05) is 26.2 Å². The summed E-state index contributed by atoms with van der Waals surface area (Å²) in [6.45, 7) is 10.6. The Morgan fingerprint density at radius 3 is 2.37 bits per heavy atom. The van der Waals surface area contributed by atoms with Gasteiger partial charge < -0.3 is 10.5 Å². The first-order chi connectivity index (χ1) is 16.6. The largest absolute Gasteiger partial charge is 0.492 e. The van der Waals surface area contributed by atoms with Crippen LogP contribution in [-0.4, -0.2) is 42.8 Å². The smallest absolute Gasteiger partial charge is 0.227 e. The highest BCUT2D eigenvalue weighted by Crippen LogP contribution is 2.40. The maximum absolute atomic E-state index is 13.4. The number of rotatable bonds is 10. The minimum Gasteiger partial charge on any atom is -0.492 e. The molecule has 1 fully saturated rings. The van der Waals surface area contributed by atoms with Crippen LogP contribution in [0.1, 0.15) is 68.7 Å². The van der Waals surface area contributed by atoms with E-state index in [4.69, 9.17) is 10.5 Å². The zero-order chi connectivity index (χ0) is 25.6. The Morgan fingerprint density at radius 1 is 1.14 bits per heavy atom. The number of carbonyl (C=O) groups is 2. The number of primary amides is 1. The van der Waals surface area contributed by atoms with Gasteiger partial charge in [-0.05, 0) is 94.1 Å². The van der Waals surface area contributed by atoms with Crippen LogP contribution in [0, 0.1) is 18.3 Å². The molecular weight excluding hydrogens is 438 g/mol. The molecule has 0 atom stereocenters. The molecule has 35 heavy (non-hydrogen) atoms. The average molecular weight is 476 g/mol. The molecule has 2 N–H and O–H groups in total. The van der Waals surface area contributed by atoms with Gasteiger partial charge in [0.2, 0.25) is 5.91 Å². The number of carbonyl (C=O) groups excluding carboxylic acids is 2. The number of benzene rings is 2. The molecule has 0 aliphatic carbocycles. The van der Waals surface area contributed by atoms with Gasteiger partial charge in [-0.1, -0.05) is 25.1 Å². The molecule has 0 aromatic heterocycles. The van der Waals surface area contributed by atoms with E-state index in [2.05, 4.69) is 11.0 Å². The summed E-state index contributed by atoms with van der Waals surface area (Å²) in [6.07, 6.45) is 2.88. The van der Waals surface area contributed by atoms with Gasteiger partial charge >= 0.3 is 0 Å². The summed E-state index contributed by atoms with van der Waals surface area (Å²) in [6, 6.07) is 15.4. The van der Waals surface area contributed by atoms with E-state index in [1.165, 1.54) is 0 Å². The van der Waals surface area contributed by atoms with E-state index in [0.29, 0.717) is 18.6 Å². The third kappa shape index (κ3) is 5.74. The Balaban J connectivity index is 1.63. The number of piperidine rings is 1. The highest BCUT2D eigenvalue weighted by Gasteiger charge is 2.42. The Morgan fingerprint density at radius 2 is 1.80 bits per heavy atom. The second-order valence-electron chi connectivity index (χ2n) is 10.1. The number of hydrogen-bond acceptors (Lipinski definition) is 5. The van der Waals surface area contributed by atoms with Gasteiger partial charge in [0.25, 0.3) is 0 Å². The summed E-state index contributed by atoms with van der Waals surface area (Å²) in [5, 5.41) is 9.41. The van der Waals surface area contributed by atoms with Crippen LogP contribution in [0.25, 0.3) is 0 Å². The van der Waals surface area contributed by atoms with E-state index in [1.807, 2.05) is 70.2 Å². The number of hydrogen-bond donors (Lipinski definition) is 1. The number of nitrogens with two attached hydrogens (primary N) is 1. The first-order valence-electron chi connectivity index (χ1n) is 12.4. The van der Waals surface area contributed by atoms with Gasteiger partial charge in [0.05, 0.1) is 22.5 Å². The predicted molar refractivity (Wildman–Crippen MR) is 137 cm³/mol. The Labute approximate surface area is 209 Å². The molecule has 0 unspecified atom stereocenters. The van der Waals surface area contributed by atoms with Crippen LogP contribution in [0.5, 0.6) is 5.75 Å². The standard InChI is InChI=1S/C29H37N3O3/c1-5-6-26(33)29(25-19-22(20-30)8-7-21(25)2)13-15-32(16-14-29)17-18-35-24-11-9-23(10-12-24)28(3,4)27(31)34/h7-12,19H,5-6,13-18H2,1-4H3,(H2,31,34). The van der Waals surface area contributed by atoms with Crippen molar-refractivity contribution in [3.63, 3.8) is 0 Å². The summed E-state index contributed by atoms with van der Waals surface area (Å²) < 4.78 is 5.95. The van der Waals surface area contributed by atoms with E-state index < -0.39 is 10.8 Å². The van der Waals surface area contributed by atoms with Crippen molar-refractivity contribution in [1.82, 2.24) is 4.90 Å². The second-order valence-corrected chi connectivity index (χ2v) is 10.1. The summed E-state index contributed by atoms with van der Waals surface area (Å²) in [5.41, 5.74) is 7.82. The minimum absolute atomic E-state index is 0.285. The highest BCUT2D eigenvalue weighted by atomic mass is 16.5. The average Bonchev–Trinajstić information content (AvgIpc) is 2.85. The molecule has 2 aromatic rings. The van der Waals surface area contributed by atoms with Crippen molar-refractivity contribution in [3.8, 4) is 11.8 Å². The van der Waals surface area contributed by atoms with E-state index in [-0.39, 0.29) is 11.7 Å². The lowest BCUT2D eigenvalue weighted by molar-refractivity contribution is -0.126. The molecule has 1 aliphatic rings. The molecule has 2 aromatic carbocycles. The monoisotopic (exact) mass is 475 g/mol. The number of amides is 1. The quantitative estimate of drug-likeness (QED) is 0.549. The summed E-state index contributed by atoms with van der Waals surface area (Å²) in [7, 11) is 0. The van der Waals surface area contributed by atoms with Crippen molar-refractivity contribution < 1.29 is 14.3 Å². The summed E-state index contributed by atoms with van der Waals surface area (Å²) in [4.78, 5) is 27.4. The minimum atomic E-state index is -0.723. The third-order valence-corrected chi connectivity index (χ3v) is 7.47. The van der Waals surface area contributed by atoms with Gasteiger partial charge in [-0.3, -0.25) is 14.5 Å². The third-order valence-electron chi connectivity index (χ3n) is 7.47. The van der Waals surface area contributed by atoms with Crippen LogP contribution in [0.15, 0.2) is 42.5 Å². The van der Waals surface area contributed by atoms with Gasteiger partial charge in [-0.15, -0.1) is 0 Å². The van der Waals surface area contributed by atoms with Crippen LogP contribution in [-0.2, 0) is 20.4 Å². The maximum atomic E-state index is 13.4. The molecule has 0 spiro atoms. The molecule has 186 valence electrons. The summed E-state index contributed by atoms with van der Waals surface area (Å²) in [5.74, 6) is 0.676. The van der Waals surface area contributed by atoms with Crippen LogP contribution in [0.4, 0.5) is 0 Å². The van der Waals surface area contributed by atoms with Gasteiger partial charge in [0.15, 0.2) is 0 Å². The molecular formula is C29H37N3O3. The van der Waals surface area contributed by atoms with E-state index in [1.54, 1.807) is 0 Å². The van der Waals surface area contributed by atoms with Gasteiger partial charge in [-0.2, -0.15) is 5.26 Å². The first kappa shape index (κ1) is 26.4. The normalized spacial score (nSPS) is 15.9. The molecule has 6 nitrogen and oxygen atoms in total. The van der Waals surface area contributed by atoms with Crippen molar-refractivity contribution in [3.05, 3.63) is 64.7 Å². The van der Waals surface area contributed by atoms with E-state index in [0.717, 1.165) is 61.3 Å². The van der Waals surface area contributed by atoms with Crippen molar-refractivity contribution >= 4 is 11.7 Å². The lowest BCUT2D eigenvalue weighted by Gasteiger charge is -2.42. The zero-order valence-electron chi connectivity index (χ0n) is 21.4. The fourth-order valence-corrected chi connectivity index (χ4v) is 4.93. The second kappa shape index (κ2) is 11.0. The number of ketones is 1.